The second kappa shape index (κ2) is 3.93. The summed E-state index contributed by atoms with van der Waals surface area (Å²) in [5.74, 6) is 0. The molecule has 0 aliphatic carbocycles. The fourth-order valence-electron chi connectivity index (χ4n) is 1.85. The molecule has 0 radical (unpaired) electrons. The zero-order chi connectivity index (χ0) is 10.0. The first-order valence-corrected chi connectivity index (χ1v) is 4.83. The van der Waals surface area contributed by atoms with E-state index >= 15 is 0 Å². The molecule has 0 fully saturated rings. The summed E-state index contributed by atoms with van der Waals surface area (Å²) in [6.45, 7) is 8.52. The molecule has 0 saturated carbocycles. The van der Waals surface area contributed by atoms with Crippen molar-refractivity contribution in [2.45, 2.75) is 40.2 Å². The second-order valence-electron chi connectivity index (χ2n) is 4.06. The van der Waals surface area contributed by atoms with E-state index in [0.29, 0.717) is 0 Å². The summed E-state index contributed by atoms with van der Waals surface area (Å²) in [4.78, 5) is 0. The first-order chi connectivity index (χ1) is 6.00. The maximum Gasteiger partial charge on any atom is 0.00511 e. The van der Waals surface area contributed by atoms with Gasteiger partial charge in [0.15, 0.2) is 0 Å². The Hall–Kier alpha value is -0.820. The molecule has 0 spiro atoms. The maximum absolute atomic E-state index is 5.80. The van der Waals surface area contributed by atoms with Crippen LogP contribution in [0.3, 0.4) is 0 Å². The highest BCUT2D eigenvalue weighted by Gasteiger charge is 2.05. The molecule has 2 N–H and O–H groups in total. The van der Waals surface area contributed by atoms with E-state index in [2.05, 4.69) is 39.8 Å². The minimum absolute atomic E-state index is 0.250. The van der Waals surface area contributed by atoms with Gasteiger partial charge in [-0.25, -0.2) is 0 Å². The normalized spacial score (nSPS) is 13.0. The fraction of sp³-hybridized carbons (Fsp3) is 0.500. The zero-order valence-electron chi connectivity index (χ0n) is 9.02. The third kappa shape index (κ3) is 2.56. The van der Waals surface area contributed by atoms with Gasteiger partial charge in [-0.3, -0.25) is 0 Å². The molecule has 0 aliphatic heterocycles. The molecule has 0 bridgehead atoms. The Morgan fingerprint density at radius 1 is 1.15 bits per heavy atom. The molecular weight excluding hydrogens is 158 g/mol. The minimum atomic E-state index is 0.250. The smallest absolute Gasteiger partial charge is 0.00511 e. The van der Waals surface area contributed by atoms with E-state index in [4.69, 9.17) is 5.73 Å². The van der Waals surface area contributed by atoms with Gasteiger partial charge in [0, 0.05) is 6.04 Å². The number of nitrogens with two attached hydrogens (primary N) is 1. The van der Waals surface area contributed by atoms with Crippen molar-refractivity contribution in [1.29, 1.82) is 0 Å². The third-order valence-corrected chi connectivity index (χ3v) is 2.37. The lowest BCUT2D eigenvalue weighted by Gasteiger charge is -2.13. The average molecular weight is 177 g/mol. The van der Waals surface area contributed by atoms with Gasteiger partial charge in [0.05, 0.1) is 0 Å². The lowest BCUT2D eigenvalue weighted by molar-refractivity contribution is 0.731. The summed E-state index contributed by atoms with van der Waals surface area (Å²) < 4.78 is 0. The van der Waals surface area contributed by atoms with Crippen LogP contribution in [-0.4, -0.2) is 6.04 Å². The first kappa shape index (κ1) is 10.3. The van der Waals surface area contributed by atoms with Crippen LogP contribution in [0.1, 0.15) is 29.2 Å². The highest BCUT2D eigenvalue weighted by atomic mass is 14.6. The van der Waals surface area contributed by atoms with Gasteiger partial charge in [-0.2, -0.15) is 0 Å². The van der Waals surface area contributed by atoms with Crippen molar-refractivity contribution in [1.82, 2.24) is 0 Å². The van der Waals surface area contributed by atoms with Crippen LogP contribution in [0.4, 0.5) is 0 Å². The molecule has 0 amide bonds. The molecule has 13 heavy (non-hydrogen) atoms. The molecule has 1 aromatic rings. The van der Waals surface area contributed by atoms with E-state index < -0.39 is 0 Å². The largest absolute Gasteiger partial charge is 0.328 e. The van der Waals surface area contributed by atoms with Crippen molar-refractivity contribution >= 4 is 0 Å². The number of hydrogen-bond acceptors (Lipinski definition) is 1. The van der Waals surface area contributed by atoms with E-state index in [9.17, 15) is 0 Å². The Labute approximate surface area is 81.0 Å². The Morgan fingerprint density at radius 3 is 2.00 bits per heavy atom. The maximum atomic E-state index is 5.80. The first-order valence-electron chi connectivity index (χ1n) is 4.83. The molecule has 1 aromatic carbocycles. The number of rotatable bonds is 2. The zero-order valence-corrected chi connectivity index (χ0v) is 9.02. The van der Waals surface area contributed by atoms with Gasteiger partial charge in [0.25, 0.3) is 0 Å². The van der Waals surface area contributed by atoms with Crippen molar-refractivity contribution < 1.29 is 0 Å². The lowest BCUT2D eigenvalue weighted by Crippen LogP contribution is -2.19. The van der Waals surface area contributed by atoms with Crippen molar-refractivity contribution in [2.75, 3.05) is 0 Å². The molecule has 0 aliphatic rings. The van der Waals surface area contributed by atoms with Crippen LogP contribution < -0.4 is 5.73 Å². The predicted octanol–water partition coefficient (Wildman–Crippen LogP) is 2.50. The topological polar surface area (TPSA) is 26.0 Å². The van der Waals surface area contributed by atoms with Crippen LogP contribution >= 0.6 is 0 Å². The highest BCUT2D eigenvalue weighted by Crippen LogP contribution is 2.17. The van der Waals surface area contributed by atoms with Crippen molar-refractivity contribution in [2.24, 2.45) is 5.73 Å². The van der Waals surface area contributed by atoms with Crippen LogP contribution in [0.2, 0.25) is 0 Å². The van der Waals surface area contributed by atoms with Crippen LogP contribution in [0.5, 0.6) is 0 Å². The molecule has 1 atom stereocenters. The molecular formula is C12H19N. The summed E-state index contributed by atoms with van der Waals surface area (Å²) in [6, 6.07) is 4.70. The summed E-state index contributed by atoms with van der Waals surface area (Å²) in [5, 5.41) is 0. The number of benzene rings is 1. The molecule has 0 unspecified atom stereocenters. The molecule has 1 nitrogen and oxygen atoms in total. The van der Waals surface area contributed by atoms with Gasteiger partial charge in [-0.1, -0.05) is 17.7 Å². The van der Waals surface area contributed by atoms with Gasteiger partial charge >= 0.3 is 0 Å². The Balaban J connectivity index is 3.06. The van der Waals surface area contributed by atoms with Gasteiger partial charge in [0.2, 0.25) is 0 Å². The van der Waals surface area contributed by atoms with Gasteiger partial charge in [-0.15, -0.1) is 0 Å². The van der Waals surface area contributed by atoms with E-state index in [1.54, 1.807) is 0 Å². The number of hydrogen-bond donors (Lipinski definition) is 1. The van der Waals surface area contributed by atoms with E-state index in [1.165, 1.54) is 22.3 Å². The summed E-state index contributed by atoms with van der Waals surface area (Å²) in [7, 11) is 0. The predicted molar refractivity (Wildman–Crippen MR) is 58.0 cm³/mol. The lowest BCUT2D eigenvalue weighted by atomic mass is 9.95. The second-order valence-corrected chi connectivity index (χ2v) is 4.06. The van der Waals surface area contributed by atoms with Gasteiger partial charge < -0.3 is 5.73 Å². The summed E-state index contributed by atoms with van der Waals surface area (Å²) in [5.41, 5.74) is 11.3. The van der Waals surface area contributed by atoms with E-state index in [1.807, 2.05) is 0 Å². The Kier molecular flexibility index (Phi) is 3.10. The van der Waals surface area contributed by atoms with Crippen LogP contribution in [0, 0.1) is 20.8 Å². The summed E-state index contributed by atoms with van der Waals surface area (Å²) in [6.07, 6.45) is 0.984. The Morgan fingerprint density at radius 2 is 1.62 bits per heavy atom. The van der Waals surface area contributed by atoms with Crippen molar-refractivity contribution in [3.05, 3.63) is 34.4 Å². The van der Waals surface area contributed by atoms with Crippen LogP contribution in [-0.2, 0) is 6.42 Å². The fourth-order valence-corrected chi connectivity index (χ4v) is 1.85. The number of aryl methyl sites for hydroxylation is 3. The van der Waals surface area contributed by atoms with Crippen molar-refractivity contribution in [3.63, 3.8) is 0 Å². The van der Waals surface area contributed by atoms with Crippen LogP contribution in [0.25, 0.3) is 0 Å². The van der Waals surface area contributed by atoms with Gasteiger partial charge in [-0.05, 0) is 50.8 Å². The standard InChI is InChI=1S/C12H19N/c1-8-5-9(2)12(7-11(4)13)10(3)6-8/h5-6,11H,7,13H2,1-4H3/t11-/m1/s1. The monoisotopic (exact) mass is 177 g/mol. The minimum Gasteiger partial charge on any atom is -0.328 e. The summed E-state index contributed by atoms with van der Waals surface area (Å²) >= 11 is 0. The SMILES string of the molecule is Cc1cc(C)c(C[C@@H](C)N)c(C)c1. The van der Waals surface area contributed by atoms with Crippen molar-refractivity contribution in [3.8, 4) is 0 Å². The molecule has 1 heteroatoms. The molecule has 0 saturated heterocycles. The van der Waals surface area contributed by atoms with E-state index in [0.717, 1.165) is 6.42 Å². The third-order valence-electron chi connectivity index (χ3n) is 2.37. The van der Waals surface area contributed by atoms with Gasteiger partial charge in [0.1, 0.15) is 0 Å². The molecule has 0 aromatic heterocycles. The molecule has 0 heterocycles. The quantitative estimate of drug-likeness (QED) is 0.738. The van der Waals surface area contributed by atoms with E-state index in [-0.39, 0.29) is 6.04 Å². The van der Waals surface area contributed by atoms with Crippen LogP contribution in [0.15, 0.2) is 12.1 Å². The molecule has 72 valence electrons. The average Bonchev–Trinajstić information content (AvgIpc) is 1.96. The highest BCUT2D eigenvalue weighted by molar-refractivity contribution is 5.37. The molecule has 1 rings (SSSR count). The Bertz CT molecular complexity index is 277.